The number of carbonyl (C=O) groups is 1. The fourth-order valence-electron chi connectivity index (χ4n) is 2.62. The number of thioether (sulfide) groups is 1. The molecule has 1 aromatic heterocycles. The third-order valence-electron chi connectivity index (χ3n) is 4.19. The average molecular weight is 450 g/mol. The van der Waals surface area contributed by atoms with Crippen molar-refractivity contribution in [1.82, 2.24) is 14.8 Å². The number of anilines is 2. The highest BCUT2D eigenvalue weighted by Gasteiger charge is 2.13. The van der Waals surface area contributed by atoms with Crippen LogP contribution in [0.5, 0.6) is 0 Å². The fraction of sp³-hybridized carbons (Fsp3) is 0.250. The molecular weight excluding hydrogens is 429 g/mol. The third-order valence-corrected chi connectivity index (χ3v) is 5.82. The number of benzene rings is 2. The van der Waals surface area contributed by atoms with Crippen LogP contribution in [-0.2, 0) is 17.9 Å². The first-order chi connectivity index (χ1) is 14.0. The molecule has 6 nitrogen and oxygen atoms in total. The minimum atomic E-state index is -0.124. The van der Waals surface area contributed by atoms with Crippen LogP contribution in [0.15, 0.2) is 47.6 Å². The lowest BCUT2D eigenvalue weighted by molar-refractivity contribution is -0.113. The molecule has 0 aliphatic carbocycles. The highest BCUT2D eigenvalue weighted by molar-refractivity contribution is 7.99. The van der Waals surface area contributed by atoms with Crippen LogP contribution in [0, 0.1) is 6.92 Å². The Bertz CT molecular complexity index is 991. The Morgan fingerprint density at radius 1 is 1.10 bits per heavy atom. The molecule has 3 aromatic rings. The zero-order valence-corrected chi connectivity index (χ0v) is 18.4. The molecule has 0 aliphatic rings. The van der Waals surface area contributed by atoms with Gasteiger partial charge in [-0.3, -0.25) is 4.79 Å². The van der Waals surface area contributed by atoms with Gasteiger partial charge in [-0.2, -0.15) is 0 Å². The molecule has 152 valence electrons. The number of aryl methyl sites for hydroxylation is 1. The van der Waals surface area contributed by atoms with Crippen LogP contribution in [-0.4, -0.2) is 26.4 Å². The molecule has 0 aliphatic heterocycles. The molecule has 2 N–H and O–H groups in total. The minimum Gasteiger partial charge on any atom is -0.378 e. The summed E-state index contributed by atoms with van der Waals surface area (Å²) in [5.74, 6) is 0.908. The first-order valence-electron chi connectivity index (χ1n) is 9.06. The van der Waals surface area contributed by atoms with E-state index in [0.29, 0.717) is 34.0 Å². The Kier molecular flexibility index (Phi) is 7.41. The predicted octanol–water partition coefficient (Wildman–Crippen LogP) is 5.26. The van der Waals surface area contributed by atoms with E-state index < -0.39 is 0 Å². The van der Waals surface area contributed by atoms with Gasteiger partial charge in [0.25, 0.3) is 0 Å². The van der Waals surface area contributed by atoms with Gasteiger partial charge in [0.2, 0.25) is 5.91 Å². The minimum absolute atomic E-state index is 0.124. The Morgan fingerprint density at radius 3 is 2.52 bits per heavy atom. The number of nitrogens with one attached hydrogen (secondary N) is 2. The van der Waals surface area contributed by atoms with Crippen molar-refractivity contribution in [1.29, 1.82) is 0 Å². The summed E-state index contributed by atoms with van der Waals surface area (Å²) in [6.07, 6.45) is 0. The Hall–Kier alpha value is -2.22. The summed E-state index contributed by atoms with van der Waals surface area (Å²) >= 11 is 13.4. The van der Waals surface area contributed by atoms with Gasteiger partial charge in [0.15, 0.2) is 11.0 Å². The zero-order chi connectivity index (χ0) is 20.8. The SMILES string of the molecule is CCn1c(CNc2ccc(Cl)cc2)nnc1SCC(=O)Nc1ccc(C)c(Cl)c1. The maximum absolute atomic E-state index is 12.3. The second-order valence-electron chi connectivity index (χ2n) is 6.30. The maximum atomic E-state index is 12.3. The first kappa shape index (κ1) is 21.5. The Labute approximate surface area is 184 Å². The normalized spacial score (nSPS) is 10.8. The highest BCUT2D eigenvalue weighted by Crippen LogP contribution is 2.22. The quantitative estimate of drug-likeness (QED) is 0.459. The second kappa shape index (κ2) is 10.0. The largest absolute Gasteiger partial charge is 0.378 e. The van der Waals surface area contributed by atoms with Crippen molar-refractivity contribution in [3.63, 3.8) is 0 Å². The average Bonchev–Trinajstić information content (AvgIpc) is 3.10. The van der Waals surface area contributed by atoms with Crippen molar-refractivity contribution in [3.05, 3.63) is 63.9 Å². The molecule has 0 radical (unpaired) electrons. The van der Waals surface area contributed by atoms with Crippen LogP contribution in [0.4, 0.5) is 11.4 Å². The molecule has 0 spiro atoms. The molecule has 0 unspecified atom stereocenters. The summed E-state index contributed by atoms with van der Waals surface area (Å²) in [4.78, 5) is 12.3. The van der Waals surface area contributed by atoms with Crippen molar-refractivity contribution < 1.29 is 4.79 Å². The van der Waals surface area contributed by atoms with Gasteiger partial charge in [0, 0.05) is 28.0 Å². The smallest absolute Gasteiger partial charge is 0.234 e. The maximum Gasteiger partial charge on any atom is 0.234 e. The number of carbonyl (C=O) groups excluding carboxylic acids is 1. The van der Waals surface area contributed by atoms with Crippen molar-refractivity contribution in [3.8, 4) is 0 Å². The van der Waals surface area contributed by atoms with Gasteiger partial charge >= 0.3 is 0 Å². The number of hydrogen-bond donors (Lipinski definition) is 2. The molecule has 0 bridgehead atoms. The van der Waals surface area contributed by atoms with E-state index in [9.17, 15) is 4.79 Å². The van der Waals surface area contributed by atoms with Gasteiger partial charge in [0.05, 0.1) is 12.3 Å². The molecule has 2 aromatic carbocycles. The van der Waals surface area contributed by atoms with Gasteiger partial charge in [0.1, 0.15) is 0 Å². The van der Waals surface area contributed by atoms with Crippen LogP contribution in [0.2, 0.25) is 10.0 Å². The van der Waals surface area contributed by atoms with Crippen LogP contribution < -0.4 is 10.6 Å². The van der Waals surface area contributed by atoms with Crippen molar-refractivity contribution in [2.24, 2.45) is 0 Å². The summed E-state index contributed by atoms with van der Waals surface area (Å²) in [6, 6.07) is 12.9. The lowest BCUT2D eigenvalue weighted by atomic mass is 10.2. The topological polar surface area (TPSA) is 71.8 Å². The summed E-state index contributed by atoms with van der Waals surface area (Å²) in [6.45, 7) is 5.17. The lowest BCUT2D eigenvalue weighted by Gasteiger charge is -2.10. The van der Waals surface area contributed by atoms with E-state index in [4.69, 9.17) is 23.2 Å². The van der Waals surface area contributed by atoms with Crippen molar-refractivity contribution in [2.45, 2.75) is 32.1 Å². The predicted molar refractivity (Wildman–Crippen MR) is 120 cm³/mol. The Morgan fingerprint density at radius 2 is 1.83 bits per heavy atom. The van der Waals surface area contributed by atoms with Crippen molar-refractivity contribution in [2.75, 3.05) is 16.4 Å². The molecule has 0 saturated carbocycles. The number of amides is 1. The van der Waals surface area contributed by atoms with Crippen LogP contribution in [0.25, 0.3) is 0 Å². The van der Waals surface area contributed by atoms with E-state index in [-0.39, 0.29) is 11.7 Å². The summed E-state index contributed by atoms with van der Waals surface area (Å²) in [5, 5.41) is 16.7. The molecule has 29 heavy (non-hydrogen) atoms. The lowest BCUT2D eigenvalue weighted by Crippen LogP contribution is -2.15. The number of nitrogens with zero attached hydrogens (tertiary/aromatic N) is 3. The second-order valence-corrected chi connectivity index (χ2v) is 8.09. The van der Waals surface area contributed by atoms with E-state index in [1.807, 2.05) is 54.8 Å². The van der Waals surface area contributed by atoms with Crippen molar-refractivity contribution >= 4 is 52.2 Å². The third kappa shape index (κ3) is 5.88. The number of hydrogen-bond acceptors (Lipinski definition) is 5. The molecule has 9 heteroatoms. The molecule has 0 atom stereocenters. The Balaban J connectivity index is 1.57. The molecule has 3 rings (SSSR count). The molecule has 1 amide bonds. The van der Waals surface area contributed by atoms with E-state index in [1.54, 1.807) is 6.07 Å². The van der Waals surface area contributed by atoms with Gasteiger partial charge < -0.3 is 15.2 Å². The van der Waals surface area contributed by atoms with E-state index in [0.717, 1.165) is 17.1 Å². The fourth-order valence-corrected chi connectivity index (χ4v) is 3.75. The molecule has 1 heterocycles. The van der Waals surface area contributed by atoms with E-state index in [2.05, 4.69) is 20.8 Å². The summed E-state index contributed by atoms with van der Waals surface area (Å²) in [5.41, 5.74) is 2.59. The van der Waals surface area contributed by atoms with Gasteiger partial charge in [-0.15, -0.1) is 10.2 Å². The highest BCUT2D eigenvalue weighted by atomic mass is 35.5. The standard InChI is InChI=1S/C20H21Cl2N5OS/c1-3-27-18(11-23-15-8-5-14(21)6-9-15)25-26-20(27)29-12-19(28)24-16-7-4-13(2)17(22)10-16/h4-10,23H,3,11-12H2,1-2H3,(H,24,28). The molecule has 0 fully saturated rings. The monoisotopic (exact) mass is 449 g/mol. The summed E-state index contributed by atoms with van der Waals surface area (Å²) < 4.78 is 1.99. The zero-order valence-electron chi connectivity index (χ0n) is 16.1. The van der Waals surface area contributed by atoms with Crippen LogP contribution in [0.1, 0.15) is 18.3 Å². The van der Waals surface area contributed by atoms with Gasteiger partial charge in [-0.25, -0.2) is 0 Å². The van der Waals surface area contributed by atoms with E-state index >= 15 is 0 Å². The molecule has 0 saturated heterocycles. The van der Waals surface area contributed by atoms with E-state index in [1.165, 1.54) is 11.8 Å². The molecular formula is C20H21Cl2N5OS. The number of rotatable bonds is 8. The van der Waals surface area contributed by atoms with Gasteiger partial charge in [-0.1, -0.05) is 41.0 Å². The number of halogens is 2. The first-order valence-corrected chi connectivity index (χ1v) is 10.8. The summed E-state index contributed by atoms with van der Waals surface area (Å²) in [7, 11) is 0. The van der Waals surface area contributed by atoms with Crippen LogP contribution >= 0.6 is 35.0 Å². The van der Waals surface area contributed by atoms with Gasteiger partial charge in [-0.05, 0) is 55.8 Å². The number of aromatic nitrogens is 3. The van der Waals surface area contributed by atoms with Crippen LogP contribution in [0.3, 0.4) is 0 Å².